The third kappa shape index (κ3) is 12.4. The van der Waals surface area contributed by atoms with E-state index in [9.17, 15) is 24.8 Å². The molecule has 8 aromatic rings. The highest BCUT2D eigenvalue weighted by Gasteiger charge is 2.24. The molecule has 0 saturated carbocycles. The third-order valence-corrected chi connectivity index (χ3v) is 11.6. The molecule has 8 rings (SSSR count). The van der Waals surface area contributed by atoms with Gasteiger partial charge in [-0.1, -0.05) is 72.8 Å². The van der Waals surface area contributed by atoms with Crippen molar-refractivity contribution in [2.75, 3.05) is 20.3 Å². The molecule has 322 valence electrons. The Hall–Kier alpha value is -7.25. The summed E-state index contributed by atoms with van der Waals surface area (Å²) in [6.07, 6.45) is 12.4. The van der Waals surface area contributed by atoms with Crippen molar-refractivity contribution in [3.8, 4) is 28.3 Å². The van der Waals surface area contributed by atoms with Crippen LogP contribution in [0.4, 0.5) is 11.4 Å². The number of aromatic nitrogens is 4. The summed E-state index contributed by atoms with van der Waals surface area (Å²) in [5.41, 5.74) is 11.2. The molecule has 0 unspecified atom stereocenters. The van der Waals surface area contributed by atoms with E-state index in [0.29, 0.717) is 19.0 Å². The van der Waals surface area contributed by atoms with E-state index in [1.165, 1.54) is 42.5 Å². The minimum absolute atomic E-state index is 0.0748. The maximum Gasteiger partial charge on any atom is 0.335 e. The van der Waals surface area contributed by atoms with Crippen LogP contribution in [0.1, 0.15) is 41.7 Å². The number of nitro groups is 2. The first-order chi connectivity index (χ1) is 30.3. The Balaban J connectivity index is 0.000000171. The van der Waals surface area contributed by atoms with Crippen LogP contribution >= 0.6 is 7.60 Å². The summed E-state index contributed by atoms with van der Waals surface area (Å²) >= 11 is 0. The van der Waals surface area contributed by atoms with E-state index in [-0.39, 0.29) is 17.5 Å². The molecule has 4 aromatic heterocycles. The molecule has 0 aliphatic carbocycles. The topological polar surface area (TPSA) is 166 Å². The molecule has 4 aromatic carbocycles. The largest absolute Gasteiger partial charge is 0.497 e. The van der Waals surface area contributed by atoms with Crippen molar-refractivity contribution < 1.29 is 28.2 Å². The second kappa shape index (κ2) is 21.0. The molecule has 0 atom stereocenters. The fourth-order valence-corrected chi connectivity index (χ4v) is 8.08. The average Bonchev–Trinajstić information content (AvgIpc) is 3.91. The number of methoxy groups -OCH3 is 1. The molecule has 15 heteroatoms. The number of benzene rings is 4. The summed E-state index contributed by atoms with van der Waals surface area (Å²) in [7, 11) is -1.56. The Morgan fingerprint density at radius 1 is 0.587 bits per heavy atom. The first-order valence-corrected chi connectivity index (χ1v) is 21.8. The van der Waals surface area contributed by atoms with Crippen LogP contribution in [0.5, 0.6) is 5.75 Å². The van der Waals surface area contributed by atoms with Gasteiger partial charge in [-0.05, 0) is 91.9 Å². The molecule has 63 heavy (non-hydrogen) atoms. The molecule has 0 spiro atoms. The number of fused-ring (bicyclic) bond motifs is 2. The van der Waals surface area contributed by atoms with Crippen molar-refractivity contribution in [2.45, 2.75) is 33.9 Å². The summed E-state index contributed by atoms with van der Waals surface area (Å²) in [6.45, 7) is 8.50. The van der Waals surface area contributed by atoms with E-state index in [1.54, 1.807) is 24.3 Å². The number of rotatable bonds is 13. The minimum Gasteiger partial charge on any atom is -0.497 e. The van der Waals surface area contributed by atoms with Gasteiger partial charge in [0, 0.05) is 60.2 Å². The van der Waals surface area contributed by atoms with Crippen LogP contribution in [0.2, 0.25) is 0 Å². The van der Waals surface area contributed by atoms with Crippen LogP contribution in [-0.2, 0) is 19.8 Å². The molecule has 0 N–H and O–H groups in total. The molecule has 14 nitrogen and oxygen atoms in total. The first kappa shape index (κ1) is 45.3. The van der Waals surface area contributed by atoms with E-state index in [4.69, 9.17) is 13.8 Å². The normalized spacial score (nSPS) is 11.2. The quantitative estimate of drug-likeness (QED) is 0.0471. The van der Waals surface area contributed by atoms with Crippen molar-refractivity contribution in [3.05, 3.63) is 194 Å². The predicted octanol–water partition coefficient (Wildman–Crippen LogP) is 12.1. The maximum absolute atomic E-state index is 12.6. The molecule has 0 fully saturated rings. The lowest BCUT2D eigenvalue weighted by Crippen LogP contribution is -1.99. The van der Waals surface area contributed by atoms with Crippen molar-refractivity contribution in [2.24, 2.45) is 0 Å². The lowest BCUT2D eigenvalue weighted by molar-refractivity contribution is -0.385. The summed E-state index contributed by atoms with van der Waals surface area (Å²) in [5, 5.41) is 20.9. The van der Waals surface area contributed by atoms with Crippen molar-refractivity contribution in [1.82, 2.24) is 18.8 Å². The van der Waals surface area contributed by atoms with Crippen molar-refractivity contribution in [3.63, 3.8) is 0 Å². The van der Waals surface area contributed by atoms with Gasteiger partial charge in [0.25, 0.3) is 11.4 Å². The maximum atomic E-state index is 12.6. The standard InChI is InChI=1S/C22H17N3O2.C19H23N2O3P.C7H7NO3/c1-16-2-13-22-23-21(15-24(22)14-16)19-9-5-17(6-10-19)3-4-18-7-11-20(12-8-18)25(26)27;1-4-23-25(22,24-5-2)14-16-7-9-17(10-8-16)18-13-21-12-15(3)6-11-19(21)20-18;1-11-7-4-2-6(3-5-7)8(9)10/h2-15H,1H3;6-13H,4-5,14H2,1-3H3;2-5H,1H3/b4-3+;;. The van der Waals surface area contributed by atoms with Gasteiger partial charge in [0.15, 0.2) is 0 Å². The Labute approximate surface area is 364 Å². The Bertz CT molecular complexity index is 2860. The highest BCUT2D eigenvalue weighted by molar-refractivity contribution is 7.53. The Kier molecular flexibility index (Phi) is 15.1. The third-order valence-electron chi connectivity index (χ3n) is 9.54. The number of non-ortho nitro benzene ring substituents is 2. The Morgan fingerprint density at radius 2 is 1.00 bits per heavy atom. The highest BCUT2D eigenvalue weighted by atomic mass is 31.2. The lowest BCUT2D eigenvalue weighted by atomic mass is 10.1. The van der Waals surface area contributed by atoms with Gasteiger partial charge >= 0.3 is 7.60 Å². The van der Waals surface area contributed by atoms with Gasteiger partial charge < -0.3 is 22.6 Å². The van der Waals surface area contributed by atoms with E-state index in [2.05, 4.69) is 42.3 Å². The van der Waals surface area contributed by atoms with Crippen LogP contribution < -0.4 is 4.74 Å². The van der Waals surface area contributed by atoms with Gasteiger partial charge in [0.05, 0.1) is 47.7 Å². The number of nitrogens with zero attached hydrogens (tertiary/aromatic N) is 6. The summed E-state index contributed by atoms with van der Waals surface area (Å²) in [5.74, 6) is 0.621. The van der Waals surface area contributed by atoms with Gasteiger partial charge in [-0.3, -0.25) is 24.8 Å². The number of pyridine rings is 2. The molecule has 0 amide bonds. The van der Waals surface area contributed by atoms with Crippen molar-refractivity contribution in [1.29, 1.82) is 0 Å². The molecule has 0 aliphatic rings. The Morgan fingerprint density at radius 3 is 1.41 bits per heavy atom. The van der Waals surface area contributed by atoms with E-state index < -0.39 is 17.4 Å². The zero-order valence-electron chi connectivity index (χ0n) is 35.5. The number of imidazole rings is 2. The van der Waals surface area contributed by atoms with Gasteiger partial charge in [0.1, 0.15) is 17.0 Å². The van der Waals surface area contributed by atoms with E-state index in [1.807, 2.05) is 114 Å². The number of ether oxygens (including phenoxy) is 1. The van der Waals surface area contributed by atoms with Gasteiger partial charge in [-0.25, -0.2) is 9.97 Å². The summed E-state index contributed by atoms with van der Waals surface area (Å²) in [4.78, 5) is 29.3. The number of hydrogen-bond donors (Lipinski definition) is 0. The summed E-state index contributed by atoms with van der Waals surface area (Å²) in [6, 6.07) is 36.6. The second-order valence-corrected chi connectivity index (χ2v) is 16.3. The highest BCUT2D eigenvalue weighted by Crippen LogP contribution is 2.51. The van der Waals surface area contributed by atoms with Crippen LogP contribution in [0.3, 0.4) is 0 Å². The van der Waals surface area contributed by atoms with Crippen LogP contribution in [0, 0.1) is 34.1 Å². The van der Waals surface area contributed by atoms with Gasteiger partial charge in [0.2, 0.25) is 0 Å². The zero-order chi connectivity index (χ0) is 44.9. The fourth-order valence-electron chi connectivity index (χ4n) is 6.38. The fraction of sp³-hybridized carbons (Fsp3) is 0.167. The SMILES string of the molecule is CCOP(=O)(Cc1ccc(-c2cn3cc(C)ccc3n2)cc1)OCC.COc1ccc([N+](=O)[O-])cc1.Cc1ccc2nc(-c3ccc(/C=C/c4ccc([N+](=O)[O-])cc4)cc3)cn2c1. The minimum atomic E-state index is -3.08. The molecular weight excluding hydrogens is 820 g/mol. The lowest BCUT2D eigenvalue weighted by Gasteiger charge is -2.17. The monoisotopic (exact) mass is 866 g/mol. The molecule has 0 bridgehead atoms. The average molecular weight is 867 g/mol. The zero-order valence-corrected chi connectivity index (χ0v) is 36.4. The summed E-state index contributed by atoms with van der Waals surface area (Å²) < 4.78 is 32.2. The van der Waals surface area contributed by atoms with E-state index >= 15 is 0 Å². The predicted molar refractivity (Wildman–Crippen MR) is 247 cm³/mol. The smallest absolute Gasteiger partial charge is 0.335 e. The molecular formula is C48H47N6O8P. The van der Waals surface area contributed by atoms with Crippen molar-refractivity contribution >= 4 is 42.4 Å². The molecule has 0 aliphatic heterocycles. The van der Waals surface area contributed by atoms with Crippen LogP contribution in [-0.4, -0.2) is 48.9 Å². The van der Waals surface area contributed by atoms with E-state index in [0.717, 1.165) is 50.5 Å². The number of aryl methyl sites for hydroxylation is 2. The molecule has 4 heterocycles. The molecule has 0 radical (unpaired) electrons. The number of nitro benzene ring substituents is 2. The second-order valence-electron chi connectivity index (χ2n) is 14.3. The van der Waals surface area contributed by atoms with Crippen LogP contribution in [0.25, 0.3) is 46.0 Å². The van der Waals surface area contributed by atoms with Gasteiger partial charge in [-0.2, -0.15) is 0 Å². The molecule has 0 saturated heterocycles. The van der Waals surface area contributed by atoms with Gasteiger partial charge in [-0.15, -0.1) is 0 Å². The van der Waals surface area contributed by atoms with Crippen LogP contribution in [0.15, 0.2) is 146 Å². The first-order valence-electron chi connectivity index (χ1n) is 20.0. The number of hydrogen-bond acceptors (Lipinski definition) is 10.